The summed E-state index contributed by atoms with van der Waals surface area (Å²) in [4.78, 5) is 4.29. The number of hydrogen-bond donors (Lipinski definition) is 1. The van der Waals surface area contributed by atoms with Crippen molar-refractivity contribution in [2.45, 2.75) is 19.3 Å². The zero-order valence-corrected chi connectivity index (χ0v) is 7.20. The molecule has 0 unspecified atom stereocenters. The minimum Gasteiger partial charge on any atom is -0.396 e. The lowest BCUT2D eigenvalue weighted by Crippen LogP contribution is -1.91. The Kier molecular flexibility index (Phi) is 1.85. The van der Waals surface area contributed by atoms with Gasteiger partial charge in [0.25, 0.3) is 0 Å². The van der Waals surface area contributed by atoms with Crippen LogP contribution in [0.2, 0.25) is 0 Å². The van der Waals surface area contributed by atoms with Crippen LogP contribution in [0, 0.1) is 12.8 Å². The highest BCUT2D eigenvalue weighted by Crippen LogP contribution is 2.46. The topological polar surface area (TPSA) is 33.1 Å². The van der Waals surface area contributed by atoms with E-state index in [0.717, 1.165) is 12.1 Å². The van der Waals surface area contributed by atoms with Gasteiger partial charge in [-0.3, -0.25) is 4.98 Å². The van der Waals surface area contributed by atoms with E-state index in [1.807, 2.05) is 12.3 Å². The summed E-state index contributed by atoms with van der Waals surface area (Å²) in [5.41, 5.74) is 2.40. The van der Waals surface area contributed by atoms with Gasteiger partial charge in [0.15, 0.2) is 0 Å². The predicted octanol–water partition coefficient (Wildman–Crippen LogP) is 1.49. The van der Waals surface area contributed by atoms with E-state index in [1.54, 1.807) is 0 Å². The zero-order chi connectivity index (χ0) is 8.55. The standard InChI is InChI=1S/C10H13NO/c1-7-2-3-11-10(4-7)9-5-8(9)6-12/h2-4,8-9,12H,5-6H2,1H3/t8-,9+/m1/s1. The molecule has 0 radical (unpaired) electrons. The largest absolute Gasteiger partial charge is 0.396 e. The summed E-state index contributed by atoms with van der Waals surface area (Å²) in [5.74, 6) is 0.995. The van der Waals surface area contributed by atoms with E-state index in [0.29, 0.717) is 18.4 Å². The third-order valence-corrected chi connectivity index (χ3v) is 2.47. The molecule has 2 heteroatoms. The van der Waals surface area contributed by atoms with Gasteiger partial charge in [-0.05, 0) is 37.0 Å². The first-order valence-corrected chi connectivity index (χ1v) is 4.34. The fourth-order valence-electron chi connectivity index (χ4n) is 1.57. The molecule has 0 saturated heterocycles. The van der Waals surface area contributed by atoms with Crippen LogP contribution < -0.4 is 0 Å². The summed E-state index contributed by atoms with van der Waals surface area (Å²) in [6, 6.07) is 4.11. The van der Waals surface area contributed by atoms with Crippen molar-refractivity contribution in [2.24, 2.45) is 5.92 Å². The molecule has 2 rings (SSSR count). The fourth-order valence-corrected chi connectivity index (χ4v) is 1.57. The SMILES string of the molecule is Cc1ccnc([C@H]2C[C@@H]2CO)c1. The Labute approximate surface area is 72.3 Å². The Morgan fingerprint density at radius 1 is 1.67 bits per heavy atom. The highest BCUT2D eigenvalue weighted by molar-refractivity contribution is 5.22. The summed E-state index contributed by atoms with van der Waals surface area (Å²) >= 11 is 0. The maximum atomic E-state index is 8.88. The van der Waals surface area contributed by atoms with Crippen molar-refractivity contribution in [3.05, 3.63) is 29.6 Å². The maximum Gasteiger partial charge on any atom is 0.0465 e. The number of aliphatic hydroxyl groups is 1. The normalized spacial score (nSPS) is 27.2. The molecule has 0 amide bonds. The zero-order valence-electron chi connectivity index (χ0n) is 7.20. The molecular formula is C10H13NO. The van der Waals surface area contributed by atoms with Crippen molar-refractivity contribution < 1.29 is 5.11 Å². The van der Waals surface area contributed by atoms with Crippen LogP contribution in [0.25, 0.3) is 0 Å². The summed E-state index contributed by atoms with van der Waals surface area (Å²) in [5, 5.41) is 8.88. The van der Waals surface area contributed by atoms with E-state index in [-0.39, 0.29) is 0 Å². The van der Waals surface area contributed by atoms with Gasteiger partial charge in [-0.2, -0.15) is 0 Å². The van der Waals surface area contributed by atoms with Gasteiger partial charge in [0.1, 0.15) is 0 Å². The first kappa shape index (κ1) is 7.74. The minimum absolute atomic E-state index is 0.306. The van der Waals surface area contributed by atoms with E-state index < -0.39 is 0 Å². The van der Waals surface area contributed by atoms with E-state index in [9.17, 15) is 0 Å². The van der Waals surface area contributed by atoms with E-state index in [4.69, 9.17) is 5.11 Å². The molecule has 1 aromatic heterocycles. The van der Waals surface area contributed by atoms with Gasteiger partial charge in [0.2, 0.25) is 0 Å². The second-order valence-electron chi connectivity index (χ2n) is 3.54. The number of aryl methyl sites for hydroxylation is 1. The third kappa shape index (κ3) is 1.34. The third-order valence-electron chi connectivity index (χ3n) is 2.47. The van der Waals surface area contributed by atoms with Crippen LogP contribution in [0.15, 0.2) is 18.3 Å². The second-order valence-corrected chi connectivity index (χ2v) is 3.54. The number of aromatic nitrogens is 1. The van der Waals surface area contributed by atoms with E-state index in [2.05, 4.69) is 18.0 Å². The van der Waals surface area contributed by atoms with Crippen molar-refractivity contribution in [2.75, 3.05) is 6.61 Å². The molecule has 0 spiro atoms. The molecule has 1 heterocycles. The van der Waals surface area contributed by atoms with Gasteiger partial charge in [-0.1, -0.05) is 0 Å². The van der Waals surface area contributed by atoms with Gasteiger partial charge >= 0.3 is 0 Å². The maximum absolute atomic E-state index is 8.88. The monoisotopic (exact) mass is 163 g/mol. The molecule has 2 nitrogen and oxygen atoms in total. The first-order chi connectivity index (χ1) is 5.81. The number of hydrogen-bond acceptors (Lipinski definition) is 2. The number of pyridine rings is 1. The molecule has 2 atom stereocenters. The van der Waals surface area contributed by atoms with Crippen LogP contribution in [0.5, 0.6) is 0 Å². The van der Waals surface area contributed by atoms with Crippen LogP contribution >= 0.6 is 0 Å². The molecule has 1 aliphatic rings. The van der Waals surface area contributed by atoms with Crippen molar-refractivity contribution in [1.29, 1.82) is 0 Å². The highest BCUT2D eigenvalue weighted by Gasteiger charge is 2.38. The summed E-state index contributed by atoms with van der Waals surface area (Å²) < 4.78 is 0. The molecule has 0 aromatic carbocycles. The van der Waals surface area contributed by atoms with Gasteiger partial charge in [0, 0.05) is 24.4 Å². The predicted molar refractivity (Wildman–Crippen MR) is 46.9 cm³/mol. The summed E-state index contributed by atoms with van der Waals surface area (Å²) in [6.45, 7) is 2.38. The Morgan fingerprint density at radius 3 is 3.08 bits per heavy atom. The quantitative estimate of drug-likeness (QED) is 0.716. The minimum atomic E-state index is 0.306. The lowest BCUT2D eigenvalue weighted by Gasteiger charge is -1.98. The molecular weight excluding hydrogens is 150 g/mol. The van der Waals surface area contributed by atoms with Gasteiger partial charge in [-0.25, -0.2) is 0 Å². The number of rotatable bonds is 2. The van der Waals surface area contributed by atoms with Crippen LogP contribution in [0.1, 0.15) is 23.6 Å². The number of aliphatic hydroxyl groups excluding tert-OH is 1. The molecule has 1 N–H and O–H groups in total. The fraction of sp³-hybridized carbons (Fsp3) is 0.500. The van der Waals surface area contributed by atoms with Gasteiger partial charge in [-0.15, -0.1) is 0 Å². The van der Waals surface area contributed by atoms with Crippen molar-refractivity contribution in [3.63, 3.8) is 0 Å². The van der Waals surface area contributed by atoms with Crippen molar-refractivity contribution >= 4 is 0 Å². The molecule has 0 aliphatic heterocycles. The van der Waals surface area contributed by atoms with Crippen LogP contribution in [-0.2, 0) is 0 Å². The number of nitrogens with zero attached hydrogens (tertiary/aromatic N) is 1. The average molecular weight is 163 g/mol. The van der Waals surface area contributed by atoms with Crippen molar-refractivity contribution in [3.8, 4) is 0 Å². The molecule has 1 fully saturated rings. The second kappa shape index (κ2) is 2.87. The Hall–Kier alpha value is -0.890. The molecule has 12 heavy (non-hydrogen) atoms. The molecule has 1 aromatic rings. The Morgan fingerprint density at radius 2 is 2.50 bits per heavy atom. The van der Waals surface area contributed by atoms with E-state index >= 15 is 0 Å². The smallest absolute Gasteiger partial charge is 0.0465 e. The average Bonchev–Trinajstić information content (AvgIpc) is 2.83. The van der Waals surface area contributed by atoms with Crippen LogP contribution in [-0.4, -0.2) is 16.7 Å². The van der Waals surface area contributed by atoms with Crippen LogP contribution in [0.4, 0.5) is 0 Å². The summed E-state index contributed by atoms with van der Waals surface area (Å²) in [7, 11) is 0. The first-order valence-electron chi connectivity index (χ1n) is 4.34. The Bertz CT molecular complexity index is 285. The van der Waals surface area contributed by atoms with Gasteiger partial charge < -0.3 is 5.11 Å². The molecule has 64 valence electrons. The molecule has 1 saturated carbocycles. The van der Waals surface area contributed by atoms with E-state index in [1.165, 1.54) is 5.56 Å². The van der Waals surface area contributed by atoms with Gasteiger partial charge in [0.05, 0.1) is 0 Å². The van der Waals surface area contributed by atoms with Crippen LogP contribution in [0.3, 0.4) is 0 Å². The lowest BCUT2D eigenvalue weighted by atomic mass is 10.2. The summed E-state index contributed by atoms with van der Waals surface area (Å²) in [6.07, 6.45) is 2.95. The highest BCUT2D eigenvalue weighted by atomic mass is 16.3. The van der Waals surface area contributed by atoms with Crippen molar-refractivity contribution in [1.82, 2.24) is 4.98 Å². The molecule has 1 aliphatic carbocycles. The lowest BCUT2D eigenvalue weighted by molar-refractivity contribution is 0.273. The Balaban J connectivity index is 2.14. The molecule has 0 bridgehead atoms.